The summed E-state index contributed by atoms with van der Waals surface area (Å²) in [7, 11) is 0. The van der Waals surface area contributed by atoms with Crippen LogP contribution >= 0.6 is 0 Å². The highest BCUT2D eigenvalue weighted by Crippen LogP contribution is 2.36. The molecule has 0 spiro atoms. The van der Waals surface area contributed by atoms with Crippen molar-refractivity contribution in [3.63, 3.8) is 0 Å². The van der Waals surface area contributed by atoms with E-state index in [0.29, 0.717) is 17.8 Å². The molecule has 1 saturated carbocycles. The highest BCUT2D eigenvalue weighted by atomic mass is 15.1. The second kappa shape index (κ2) is 5.03. The molecule has 0 radical (unpaired) electrons. The molecule has 4 heteroatoms. The number of pyridine rings is 1. The summed E-state index contributed by atoms with van der Waals surface area (Å²) in [5.74, 6) is 1.27. The fourth-order valence-corrected chi connectivity index (χ4v) is 3.11. The molecule has 2 heterocycles. The monoisotopic (exact) mass is 256 g/mol. The lowest BCUT2D eigenvalue weighted by molar-refractivity contribution is 0.259. The van der Waals surface area contributed by atoms with E-state index in [0.717, 1.165) is 11.3 Å². The van der Waals surface area contributed by atoms with E-state index in [2.05, 4.69) is 21.5 Å². The molecule has 0 saturated heterocycles. The number of anilines is 1. The molecule has 2 N–H and O–H groups in total. The SMILES string of the molecule is CC1CCCCC1n1cncc1-c1ccnc(N)c1. The average molecular weight is 256 g/mol. The maximum atomic E-state index is 5.78. The molecule has 2 unspecified atom stereocenters. The zero-order valence-corrected chi connectivity index (χ0v) is 11.3. The van der Waals surface area contributed by atoms with Crippen molar-refractivity contribution in [3.8, 4) is 11.3 Å². The van der Waals surface area contributed by atoms with E-state index in [9.17, 15) is 0 Å². The van der Waals surface area contributed by atoms with Crippen LogP contribution in [0.5, 0.6) is 0 Å². The van der Waals surface area contributed by atoms with Crippen molar-refractivity contribution in [1.29, 1.82) is 0 Å². The third-order valence-corrected chi connectivity index (χ3v) is 4.17. The summed E-state index contributed by atoms with van der Waals surface area (Å²) < 4.78 is 2.32. The van der Waals surface area contributed by atoms with Crippen molar-refractivity contribution < 1.29 is 0 Å². The van der Waals surface area contributed by atoms with Crippen LogP contribution in [-0.4, -0.2) is 14.5 Å². The molecule has 2 aromatic heterocycles. The van der Waals surface area contributed by atoms with Crippen molar-refractivity contribution in [2.24, 2.45) is 5.92 Å². The number of nitrogen functional groups attached to an aromatic ring is 1. The van der Waals surface area contributed by atoms with Crippen LogP contribution in [0.4, 0.5) is 5.82 Å². The van der Waals surface area contributed by atoms with Crippen molar-refractivity contribution in [2.75, 3.05) is 5.73 Å². The van der Waals surface area contributed by atoms with Gasteiger partial charge in [0.25, 0.3) is 0 Å². The van der Waals surface area contributed by atoms with E-state index in [1.807, 2.05) is 24.7 Å². The molecular formula is C15H20N4. The molecule has 1 aliphatic rings. The third kappa shape index (κ3) is 2.35. The Kier molecular flexibility index (Phi) is 3.23. The van der Waals surface area contributed by atoms with Crippen molar-refractivity contribution >= 4 is 5.82 Å². The Morgan fingerprint density at radius 2 is 2.16 bits per heavy atom. The van der Waals surface area contributed by atoms with Gasteiger partial charge in [-0.3, -0.25) is 0 Å². The Hall–Kier alpha value is -1.84. The first-order chi connectivity index (χ1) is 9.25. The third-order valence-electron chi connectivity index (χ3n) is 4.17. The Labute approximate surface area is 113 Å². The van der Waals surface area contributed by atoms with Gasteiger partial charge in [-0.2, -0.15) is 0 Å². The van der Waals surface area contributed by atoms with E-state index in [-0.39, 0.29) is 0 Å². The van der Waals surface area contributed by atoms with Gasteiger partial charge >= 0.3 is 0 Å². The van der Waals surface area contributed by atoms with E-state index >= 15 is 0 Å². The van der Waals surface area contributed by atoms with Gasteiger partial charge in [0.1, 0.15) is 5.82 Å². The van der Waals surface area contributed by atoms with Crippen LogP contribution in [0.1, 0.15) is 38.6 Å². The van der Waals surface area contributed by atoms with E-state index in [1.165, 1.54) is 25.7 Å². The summed E-state index contributed by atoms with van der Waals surface area (Å²) in [6, 6.07) is 4.47. The smallest absolute Gasteiger partial charge is 0.123 e. The maximum absolute atomic E-state index is 5.78. The fraction of sp³-hybridized carbons (Fsp3) is 0.467. The van der Waals surface area contributed by atoms with Gasteiger partial charge in [-0.05, 0) is 30.9 Å². The number of aromatic nitrogens is 3. The van der Waals surface area contributed by atoms with Crippen LogP contribution in [0, 0.1) is 5.92 Å². The minimum absolute atomic E-state index is 0.556. The topological polar surface area (TPSA) is 56.7 Å². The summed E-state index contributed by atoms with van der Waals surface area (Å²) in [6.45, 7) is 2.34. The molecule has 2 aromatic rings. The molecular weight excluding hydrogens is 236 g/mol. The lowest BCUT2D eigenvalue weighted by Crippen LogP contribution is -2.21. The van der Waals surface area contributed by atoms with Crippen molar-refractivity contribution in [1.82, 2.24) is 14.5 Å². The first-order valence-corrected chi connectivity index (χ1v) is 6.99. The van der Waals surface area contributed by atoms with Gasteiger partial charge in [0.15, 0.2) is 0 Å². The van der Waals surface area contributed by atoms with Crippen LogP contribution in [0.25, 0.3) is 11.3 Å². The van der Waals surface area contributed by atoms with Gasteiger partial charge in [-0.15, -0.1) is 0 Å². The quantitative estimate of drug-likeness (QED) is 0.897. The van der Waals surface area contributed by atoms with Gasteiger partial charge in [0.05, 0.1) is 18.2 Å². The normalized spacial score (nSPS) is 23.4. The minimum atomic E-state index is 0.556. The van der Waals surface area contributed by atoms with Crippen LogP contribution in [-0.2, 0) is 0 Å². The standard InChI is InChI=1S/C15H20N4/c1-11-4-2-3-5-13(11)19-10-17-9-14(19)12-6-7-18-15(16)8-12/h6-11,13H,2-5H2,1H3,(H2,16,18). The highest BCUT2D eigenvalue weighted by molar-refractivity contribution is 5.61. The van der Waals surface area contributed by atoms with Crippen molar-refractivity contribution in [3.05, 3.63) is 30.9 Å². The molecule has 0 aromatic carbocycles. The predicted molar refractivity (Wildman–Crippen MR) is 76.5 cm³/mol. The summed E-state index contributed by atoms with van der Waals surface area (Å²) in [6.07, 6.45) is 10.8. The zero-order chi connectivity index (χ0) is 13.2. The lowest BCUT2D eigenvalue weighted by atomic mass is 9.85. The van der Waals surface area contributed by atoms with E-state index in [4.69, 9.17) is 5.73 Å². The molecule has 19 heavy (non-hydrogen) atoms. The zero-order valence-electron chi connectivity index (χ0n) is 11.3. The Balaban J connectivity index is 1.98. The van der Waals surface area contributed by atoms with Gasteiger partial charge in [0, 0.05) is 17.8 Å². The number of imidazole rings is 1. The molecule has 0 bridgehead atoms. The van der Waals surface area contributed by atoms with Crippen LogP contribution in [0.2, 0.25) is 0 Å². The van der Waals surface area contributed by atoms with Crippen LogP contribution < -0.4 is 5.73 Å². The molecule has 3 rings (SSSR count). The molecule has 1 aliphatic carbocycles. The summed E-state index contributed by atoms with van der Waals surface area (Å²) >= 11 is 0. The molecule has 1 fully saturated rings. The van der Waals surface area contributed by atoms with Crippen LogP contribution in [0.3, 0.4) is 0 Å². The fourth-order valence-electron chi connectivity index (χ4n) is 3.11. The van der Waals surface area contributed by atoms with E-state index in [1.54, 1.807) is 6.20 Å². The Morgan fingerprint density at radius 3 is 2.95 bits per heavy atom. The maximum Gasteiger partial charge on any atom is 0.123 e. The van der Waals surface area contributed by atoms with Gasteiger partial charge in [0.2, 0.25) is 0 Å². The summed E-state index contributed by atoms with van der Waals surface area (Å²) in [4.78, 5) is 8.39. The second-order valence-electron chi connectivity index (χ2n) is 5.48. The number of rotatable bonds is 2. The molecule has 2 atom stereocenters. The van der Waals surface area contributed by atoms with Gasteiger partial charge in [-0.1, -0.05) is 19.8 Å². The number of nitrogens with zero attached hydrogens (tertiary/aromatic N) is 3. The molecule has 0 amide bonds. The molecule has 100 valence electrons. The van der Waals surface area contributed by atoms with Crippen molar-refractivity contribution in [2.45, 2.75) is 38.6 Å². The predicted octanol–water partition coefficient (Wildman–Crippen LogP) is 3.28. The molecule has 0 aliphatic heterocycles. The minimum Gasteiger partial charge on any atom is -0.384 e. The number of hydrogen-bond donors (Lipinski definition) is 1. The van der Waals surface area contributed by atoms with Crippen LogP contribution in [0.15, 0.2) is 30.9 Å². The average Bonchev–Trinajstić information content (AvgIpc) is 2.88. The van der Waals surface area contributed by atoms with Gasteiger partial charge in [-0.25, -0.2) is 9.97 Å². The largest absolute Gasteiger partial charge is 0.384 e. The number of hydrogen-bond acceptors (Lipinski definition) is 3. The summed E-state index contributed by atoms with van der Waals surface area (Å²) in [5, 5.41) is 0. The number of nitrogens with two attached hydrogens (primary N) is 1. The highest BCUT2D eigenvalue weighted by Gasteiger charge is 2.24. The summed E-state index contributed by atoms with van der Waals surface area (Å²) in [5.41, 5.74) is 8.03. The first kappa shape index (κ1) is 12.2. The Bertz CT molecular complexity index is 561. The lowest BCUT2D eigenvalue weighted by Gasteiger charge is -2.31. The van der Waals surface area contributed by atoms with Gasteiger partial charge < -0.3 is 10.3 Å². The second-order valence-corrected chi connectivity index (χ2v) is 5.48. The molecule has 4 nitrogen and oxygen atoms in total. The Morgan fingerprint density at radius 1 is 1.32 bits per heavy atom. The van der Waals surface area contributed by atoms with E-state index < -0.39 is 0 Å². The first-order valence-electron chi connectivity index (χ1n) is 6.99.